The summed E-state index contributed by atoms with van der Waals surface area (Å²) in [7, 11) is 1.66. The lowest BCUT2D eigenvalue weighted by Gasteiger charge is -2.10. The smallest absolute Gasteiger partial charge is 0.319 e. The maximum atomic E-state index is 12.0. The van der Waals surface area contributed by atoms with E-state index in [1.807, 2.05) is 54.6 Å². The van der Waals surface area contributed by atoms with Crippen LogP contribution in [0.25, 0.3) is 0 Å². The molecular weight excluding hydrogens is 366 g/mol. The SMILES string of the molecule is COc1cccc(CCCNC(=O)Nc2ccc(OCc3ccncc3)cc2)c1. The Bertz CT molecular complexity index is 899. The Morgan fingerprint density at radius 3 is 2.52 bits per heavy atom. The summed E-state index contributed by atoms with van der Waals surface area (Å²) in [6.45, 7) is 1.07. The molecule has 6 nitrogen and oxygen atoms in total. The zero-order valence-electron chi connectivity index (χ0n) is 16.4. The van der Waals surface area contributed by atoms with E-state index in [0.717, 1.165) is 29.9 Å². The molecule has 2 aromatic carbocycles. The standard InChI is InChI=1S/C23H25N3O3/c1-28-22-6-2-4-18(16-22)5-3-13-25-23(27)26-20-7-9-21(10-8-20)29-17-19-11-14-24-15-12-19/h2,4,6-12,14-16H,3,5,13,17H2,1H3,(H2,25,26,27). The van der Waals surface area contributed by atoms with Crippen LogP contribution < -0.4 is 20.1 Å². The summed E-state index contributed by atoms with van der Waals surface area (Å²) >= 11 is 0. The number of carbonyl (C=O) groups excluding carboxylic acids is 1. The van der Waals surface area contributed by atoms with Crippen LogP contribution in [0.4, 0.5) is 10.5 Å². The van der Waals surface area contributed by atoms with Gasteiger partial charge in [0.25, 0.3) is 0 Å². The van der Waals surface area contributed by atoms with Gasteiger partial charge in [0.2, 0.25) is 0 Å². The summed E-state index contributed by atoms with van der Waals surface area (Å²) in [5.74, 6) is 1.59. The van der Waals surface area contributed by atoms with Gasteiger partial charge < -0.3 is 20.1 Å². The zero-order valence-corrected chi connectivity index (χ0v) is 16.4. The molecular formula is C23H25N3O3. The number of amides is 2. The number of methoxy groups -OCH3 is 1. The number of nitrogens with zero attached hydrogens (tertiary/aromatic N) is 1. The fourth-order valence-electron chi connectivity index (χ4n) is 2.78. The third-order valence-corrected chi connectivity index (χ3v) is 4.33. The molecule has 0 aliphatic rings. The predicted octanol–water partition coefficient (Wildman–Crippen LogP) is 4.42. The molecule has 3 aromatic rings. The summed E-state index contributed by atoms with van der Waals surface area (Å²) in [5, 5.41) is 5.70. The highest BCUT2D eigenvalue weighted by Gasteiger charge is 2.03. The summed E-state index contributed by atoms with van der Waals surface area (Å²) in [4.78, 5) is 16.0. The van der Waals surface area contributed by atoms with E-state index >= 15 is 0 Å². The molecule has 0 unspecified atom stereocenters. The van der Waals surface area contributed by atoms with Crippen molar-refractivity contribution in [2.24, 2.45) is 0 Å². The normalized spacial score (nSPS) is 10.2. The molecule has 6 heteroatoms. The van der Waals surface area contributed by atoms with E-state index in [9.17, 15) is 4.79 Å². The number of anilines is 1. The molecule has 1 heterocycles. The van der Waals surface area contributed by atoms with Crippen LogP contribution in [0.5, 0.6) is 11.5 Å². The van der Waals surface area contributed by atoms with Crippen LogP contribution in [0, 0.1) is 0 Å². The second-order valence-corrected chi connectivity index (χ2v) is 6.50. The summed E-state index contributed by atoms with van der Waals surface area (Å²) in [6.07, 6.45) is 5.20. The second kappa shape index (κ2) is 10.7. The molecule has 29 heavy (non-hydrogen) atoms. The van der Waals surface area contributed by atoms with Crippen LogP contribution in [0.3, 0.4) is 0 Å². The average Bonchev–Trinajstić information content (AvgIpc) is 2.77. The molecule has 0 spiro atoms. The van der Waals surface area contributed by atoms with Gasteiger partial charge in [0, 0.05) is 24.6 Å². The minimum atomic E-state index is -0.221. The monoisotopic (exact) mass is 391 g/mol. The Morgan fingerprint density at radius 2 is 1.76 bits per heavy atom. The lowest BCUT2D eigenvalue weighted by Crippen LogP contribution is -2.29. The van der Waals surface area contributed by atoms with E-state index in [0.29, 0.717) is 18.8 Å². The van der Waals surface area contributed by atoms with Gasteiger partial charge in [0.05, 0.1) is 7.11 Å². The number of rotatable bonds is 9. The molecule has 2 N–H and O–H groups in total. The Balaban J connectivity index is 1.36. The van der Waals surface area contributed by atoms with Gasteiger partial charge in [0.15, 0.2) is 0 Å². The number of nitrogens with one attached hydrogen (secondary N) is 2. The zero-order chi connectivity index (χ0) is 20.3. The van der Waals surface area contributed by atoms with Crippen LogP contribution in [-0.4, -0.2) is 24.7 Å². The number of benzene rings is 2. The summed E-state index contributed by atoms with van der Waals surface area (Å²) in [5.41, 5.74) is 2.95. The quantitative estimate of drug-likeness (QED) is 0.530. The van der Waals surface area contributed by atoms with Crippen molar-refractivity contribution in [3.63, 3.8) is 0 Å². The van der Waals surface area contributed by atoms with Gasteiger partial charge in [-0.05, 0) is 72.5 Å². The van der Waals surface area contributed by atoms with Crippen molar-refractivity contribution in [3.05, 3.63) is 84.2 Å². The molecule has 0 saturated carbocycles. The first-order valence-electron chi connectivity index (χ1n) is 9.52. The Hall–Kier alpha value is -3.54. The van der Waals surface area contributed by atoms with E-state index in [-0.39, 0.29) is 6.03 Å². The molecule has 0 radical (unpaired) electrons. The first-order chi connectivity index (χ1) is 14.2. The van der Waals surface area contributed by atoms with E-state index in [1.54, 1.807) is 19.5 Å². The number of urea groups is 1. The fourth-order valence-corrected chi connectivity index (χ4v) is 2.78. The van der Waals surface area contributed by atoms with Gasteiger partial charge in [0.1, 0.15) is 18.1 Å². The Morgan fingerprint density at radius 1 is 0.966 bits per heavy atom. The van der Waals surface area contributed by atoms with Crippen LogP contribution in [-0.2, 0) is 13.0 Å². The lowest BCUT2D eigenvalue weighted by molar-refractivity contribution is 0.252. The molecule has 150 valence electrons. The maximum Gasteiger partial charge on any atom is 0.319 e. The molecule has 0 atom stereocenters. The minimum absolute atomic E-state index is 0.221. The molecule has 0 aliphatic heterocycles. The number of aryl methyl sites for hydroxylation is 1. The number of pyridine rings is 1. The maximum absolute atomic E-state index is 12.0. The first kappa shape index (κ1) is 20.2. The average molecular weight is 391 g/mol. The van der Waals surface area contributed by atoms with Crippen molar-refractivity contribution in [2.75, 3.05) is 19.0 Å². The van der Waals surface area contributed by atoms with Crippen molar-refractivity contribution >= 4 is 11.7 Å². The van der Waals surface area contributed by atoms with E-state index in [1.165, 1.54) is 5.56 Å². The third kappa shape index (κ3) is 6.84. The molecule has 0 bridgehead atoms. The molecule has 1 aromatic heterocycles. The molecule has 2 amide bonds. The number of aromatic nitrogens is 1. The molecule has 0 saturated heterocycles. The van der Waals surface area contributed by atoms with Crippen molar-refractivity contribution in [3.8, 4) is 11.5 Å². The topological polar surface area (TPSA) is 72.5 Å². The van der Waals surface area contributed by atoms with E-state index in [2.05, 4.69) is 21.7 Å². The molecule has 0 aliphatic carbocycles. The van der Waals surface area contributed by atoms with E-state index in [4.69, 9.17) is 9.47 Å². The highest BCUT2D eigenvalue weighted by molar-refractivity contribution is 5.89. The first-order valence-corrected chi connectivity index (χ1v) is 9.52. The van der Waals surface area contributed by atoms with Crippen LogP contribution in [0.2, 0.25) is 0 Å². The van der Waals surface area contributed by atoms with Crippen molar-refractivity contribution in [1.29, 1.82) is 0 Å². The van der Waals surface area contributed by atoms with Crippen molar-refractivity contribution in [1.82, 2.24) is 10.3 Å². The number of hydrogen-bond acceptors (Lipinski definition) is 4. The van der Waals surface area contributed by atoms with E-state index < -0.39 is 0 Å². The minimum Gasteiger partial charge on any atom is -0.497 e. The largest absolute Gasteiger partial charge is 0.497 e. The molecule has 3 rings (SSSR count). The highest BCUT2D eigenvalue weighted by Crippen LogP contribution is 2.17. The van der Waals surface area contributed by atoms with Crippen molar-refractivity contribution < 1.29 is 14.3 Å². The van der Waals surface area contributed by atoms with Gasteiger partial charge in [-0.3, -0.25) is 4.98 Å². The van der Waals surface area contributed by atoms with Gasteiger partial charge in [-0.15, -0.1) is 0 Å². The second-order valence-electron chi connectivity index (χ2n) is 6.50. The fraction of sp³-hybridized carbons (Fsp3) is 0.217. The van der Waals surface area contributed by atoms with Gasteiger partial charge >= 0.3 is 6.03 Å². The van der Waals surface area contributed by atoms with Crippen LogP contribution in [0.15, 0.2) is 73.1 Å². The highest BCUT2D eigenvalue weighted by atomic mass is 16.5. The lowest BCUT2D eigenvalue weighted by atomic mass is 10.1. The number of ether oxygens (including phenoxy) is 2. The Kier molecular flexibility index (Phi) is 7.46. The Labute approximate surface area is 170 Å². The number of carbonyl (C=O) groups is 1. The van der Waals surface area contributed by atoms with Gasteiger partial charge in [-0.1, -0.05) is 12.1 Å². The van der Waals surface area contributed by atoms with Crippen molar-refractivity contribution in [2.45, 2.75) is 19.4 Å². The predicted molar refractivity (Wildman–Crippen MR) is 113 cm³/mol. The molecule has 0 fully saturated rings. The van der Waals surface area contributed by atoms with Gasteiger partial charge in [-0.25, -0.2) is 4.79 Å². The van der Waals surface area contributed by atoms with Crippen LogP contribution in [0.1, 0.15) is 17.5 Å². The summed E-state index contributed by atoms with van der Waals surface area (Å²) in [6, 6.07) is 18.9. The summed E-state index contributed by atoms with van der Waals surface area (Å²) < 4.78 is 10.9. The van der Waals surface area contributed by atoms with Gasteiger partial charge in [-0.2, -0.15) is 0 Å². The van der Waals surface area contributed by atoms with Crippen LogP contribution >= 0.6 is 0 Å². The number of hydrogen-bond donors (Lipinski definition) is 2. The third-order valence-electron chi connectivity index (χ3n) is 4.33.